The molecule has 9 atom stereocenters. The number of nitrogens with zero attached hydrogens (tertiary/aromatic N) is 1. The maximum absolute atomic E-state index is 14.3. The van der Waals surface area contributed by atoms with Gasteiger partial charge in [-0.25, -0.2) is 9.55 Å². The molecule has 0 spiro atoms. The molecule has 5 aliphatic rings. The maximum Gasteiger partial charge on any atom is 0.470 e. The van der Waals surface area contributed by atoms with E-state index < -0.39 is 55.1 Å². The number of benzene rings is 2. The number of Topliss-reactive ketones (excluding diaryl/α,β-unsaturated/α-hetero) is 1. The van der Waals surface area contributed by atoms with Gasteiger partial charge in [0, 0.05) is 40.0 Å². The Morgan fingerprint density at radius 1 is 1.18 bits per heavy atom. The molecule has 3 aromatic rings. The number of nitrogen functional groups attached to an aromatic ring is 1. The number of aliphatic hydroxyl groups is 1. The summed E-state index contributed by atoms with van der Waals surface area (Å²) in [6, 6.07) is 11.2. The van der Waals surface area contributed by atoms with Crippen LogP contribution in [0.4, 0.5) is 5.69 Å². The molecule has 0 amide bonds. The first-order valence-electron chi connectivity index (χ1n) is 16.6. The highest BCUT2D eigenvalue weighted by Gasteiger charge is 2.76. The van der Waals surface area contributed by atoms with Gasteiger partial charge in [0.15, 0.2) is 35.4 Å². The molecule has 2 aromatic carbocycles. The molecule has 49 heavy (non-hydrogen) atoms. The highest BCUT2D eigenvalue weighted by atomic mass is 31.2. The molecule has 0 radical (unpaired) electrons. The lowest BCUT2D eigenvalue weighted by Gasteiger charge is -2.59. The maximum atomic E-state index is 14.3. The molecule has 4 aliphatic carbocycles. The number of oxazole rings is 1. The summed E-state index contributed by atoms with van der Waals surface area (Å²) in [6.07, 6.45) is 6.66. The molecule has 3 saturated carbocycles. The van der Waals surface area contributed by atoms with E-state index in [1.54, 1.807) is 18.2 Å². The second-order valence-electron chi connectivity index (χ2n) is 14.7. The minimum Gasteiger partial charge on any atom is -0.443 e. The Morgan fingerprint density at radius 3 is 2.71 bits per heavy atom. The lowest BCUT2D eigenvalue weighted by atomic mass is 9.46. The standard InChI is InChI=1S/C36H39N2O10P/c1-34-10-9-24(39)13-22(34)7-8-25-26-15-30-36(29(41)17-46-49(42,43)44,35(26,2)16-28(40)31(25)34)48-33(47-30)20-5-3-19(4-6-20)11-21-12-23(37)14-27-32(21)45-18-38-27/h3-6,9-10,12-14,18,25-26,28,30-31,33,40H,7-8,11,15-17,37H2,1-2H3,(H2,42,43,44)/t25-,26-,28-,30+,31+,33+,34-,35-,36+/m0/s1. The Labute approximate surface area is 282 Å². The summed E-state index contributed by atoms with van der Waals surface area (Å²) in [5.74, 6) is -0.986. The van der Waals surface area contributed by atoms with Gasteiger partial charge in [0.1, 0.15) is 12.1 Å². The highest BCUT2D eigenvalue weighted by molar-refractivity contribution is 7.46. The number of aromatic nitrogens is 1. The summed E-state index contributed by atoms with van der Waals surface area (Å²) in [7, 11) is -4.97. The van der Waals surface area contributed by atoms with Crippen LogP contribution in [-0.4, -0.2) is 55.9 Å². The molecule has 0 unspecified atom stereocenters. The average molecular weight is 691 g/mol. The normalized spacial score (nSPS) is 36.6. The van der Waals surface area contributed by atoms with E-state index in [4.69, 9.17) is 24.1 Å². The van der Waals surface area contributed by atoms with Gasteiger partial charge in [0.2, 0.25) is 0 Å². The van der Waals surface area contributed by atoms with Crippen molar-refractivity contribution >= 4 is 36.2 Å². The summed E-state index contributed by atoms with van der Waals surface area (Å²) >= 11 is 0. The van der Waals surface area contributed by atoms with Crippen LogP contribution < -0.4 is 5.73 Å². The summed E-state index contributed by atoms with van der Waals surface area (Å²) in [6.45, 7) is 3.14. The molecule has 1 saturated heterocycles. The number of phosphoric acid groups is 1. The van der Waals surface area contributed by atoms with Gasteiger partial charge in [0.05, 0.1) is 12.2 Å². The number of hydrogen-bond donors (Lipinski definition) is 4. The fraction of sp³-hybridized carbons (Fsp3) is 0.472. The zero-order valence-corrected chi connectivity index (χ0v) is 28.0. The molecule has 258 valence electrons. The minimum absolute atomic E-state index is 0.0143. The van der Waals surface area contributed by atoms with Crippen molar-refractivity contribution in [3.8, 4) is 0 Å². The van der Waals surface area contributed by atoms with Crippen molar-refractivity contribution in [2.24, 2.45) is 28.6 Å². The lowest BCUT2D eigenvalue weighted by molar-refractivity contribution is -0.200. The van der Waals surface area contributed by atoms with Gasteiger partial charge in [-0.05, 0) is 67.4 Å². The lowest BCUT2D eigenvalue weighted by Crippen LogP contribution is -2.63. The van der Waals surface area contributed by atoms with Crippen LogP contribution in [0.25, 0.3) is 11.1 Å². The van der Waals surface area contributed by atoms with E-state index in [0.717, 1.165) is 23.1 Å². The number of rotatable bonds is 7. The smallest absolute Gasteiger partial charge is 0.443 e. The highest BCUT2D eigenvalue weighted by Crippen LogP contribution is 2.70. The van der Waals surface area contributed by atoms with Crippen LogP contribution in [0.2, 0.25) is 0 Å². The van der Waals surface area contributed by atoms with Gasteiger partial charge in [0.25, 0.3) is 0 Å². The third-order valence-electron chi connectivity index (χ3n) is 12.2. The number of nitrogens with two attached hydrogens (primary N) is 1. The van der Waals surface area contributed by atoms with Gasteiger partial charge in [-0.3, -0.25) is 14.1 Å². The molecular formula is C36H39N2O10P. The summed E-state index contributed by atoms with van der Waals surface area (Å²) < 4.78 is 35.4. The second-order valence-corrected chi connectivity index (χ2v) is 16.0. The first-order valence-corrected chi connectivity index (χ1v) is 18.1. The van der Waals surface area contributed by atoms with Crippen molar-refractivity contribution in [3.63, 3.8) is 0 Å². The van der Waals surface area contributed by atoms with Crippen molar-refractivity contribution in [1.82, 2.24) is 4.98 Å². The van der Waals surface area contributed by atoms with Crippen LogP contribution >= 0.6 is 7.82 Å². The van der Waals surface area contributed by atoms with Gasteiger partial charge in [-0.15, -0.1) is 0 Å². The predicted octanol–water partition coefficient (Wildman–Crippen LogP) is 4.72. The van der Waals surface area contributed by atoms with Crippen molar-refractivity contribution in [3.05, 3.63) is 83.3 Å². The fourth-order valence-electron chi connectivity index (χ4n) is 10.2. The van der Waals surface area contributed by atoms with Crippen LogP contribution in [0.1, 0.15) is 62.5 Å². The number of anilines is 1. The predicted molar refractivity (Wildman–Crippen MR) is 175 cm³/mol. The molecule has 1 aromatic heterocycles. The average Bonchev–Trinajstić information content (AvgIpc) is 3.73. The number of carbonyl (C=O) groups is 2. The Bertz CT molecular complexity index is 1970. The number of fused-ring (bicyclic) bond motifs is 8. The molecule has 13 heteroatoms. The number of ether oxygens (including phenoxy) is 2. The zero-order valence-electron chi connectivity index (χ0n) is 27.2. The van der Waals surface area contributed by atoms with Crippen LogP contribution in [-0.2, 0) is 34.6 Å². The van der Waals surface area contributed by atoms with E-state index in [1.807, 2.05) is 43.3 Å². The van der Waals surface area contributed by atoms with E-state index in [9.17, 15) is 29.0 Å². The number of hydrogen-bond acceptors (Lipinski definition) is 10. The summed E-state index contributed by atoms with van der Waals surface area (Å²) in [5.41, 5.74) is 8.48. The van der Waals surface area contributed by atoms with Crippen LogP contribution in [0, 0.1) is 28.6 Å². The number of allylic oxidation sites excluding steroid dienone is 4. The molecule has 5 N–H and O–H groups in total. The van der Waals surface area contributed by atoms with E-state index >= 15 is 0 Å². The zero-order chi connectivity index (χ0) is 34.5. The molecular weight excluding hydrogens is 651 g/mol. The van der Waals surface area contributed by atoms with Crippen LogP contribution in [0.15, 0.2) is 71.0 Å². The van der Waals surface area contributed by atoms with Crippen molar-refractivity contribution in [2.45, 2.75) is 70.1 Å². The summed E-state index contributed by atoms with van der Waals surface area (Å²) in [4.78, 5) is 49.7. The molecule has 1 aliphatic heterocycles. The van der Waals surface area contributed by atoms with Gasteiger partial charge in [-0.1, -0.05) is 49.8 Å². The van der Waals surface area contributed by atoms with Crippen molar-refractivity contribution in [1.29, 1.82) is 0 Å². The largest absolute Gasteiger partial charge is 0.470 e. The first kappa shape index (κ1) is 32.7. The Morgan fingerprint density at radius 2 is 1.96 bits per heavy atom. The van der Waals surface area contributed by atoms with E-state index in [1.165, 1.54) is 6.39 Å². The number of carbonyl (C=O) groups excluding carboxylic acids is 2. The first-order chi connectivity index (χ1) is 23.2. The third-order valence-corrected chi connectivity index (χ3v) is 12.7. The molecule has 4 fully saturated rings. The number of phosphoric ester groups is 1. The van der Waals surface area contributed by atoms with E-state index in [2.05, 4.69) is 11.9 Å². The molecule has 8 rings (SSSR count). The molecule has 0 bridgehead atoms. The van der Waals surface area contributed by atoms with E-state index in [0.29, 0.717) is 41.6 Å². The Hall–Kier alpha value is -3.48. The molecule has 12 nitrogen and oxygen atoms in total. The Kier molecular flexibility index (Phi) is 7.52. The third kappa shape index (κ3) is 5.03. The van der Waals surface area contributed by atoms with Gasteiger partial charge < -0.3 is 34.5 Å². The van der Waals surface area contributed by atoms with Gasteiger partial charge in [-0.2, -0.15) is 0 Å². The fourth-order valence-corrected chi connectivity index (χ4v) is 10.5. The van der Waals surface area contributed by atoms with Crippen LogP contribution in [0.3, 0.4) is 0 Å². The quantitative estimate of drug-likeness (QED) is 0.197. The monoisotopic (exact) mass is 690 g/mol. The second kappa shape index (κ2) is 11.3. The SMILES string of the molecule is C[C@]12C=CC(=O)C=C1CC[C@@H]1[C@@H]2[C@@H](O)C[C@@]2(C)[C@H]1C[C@H]1O[C@@H](c3ccc(Cc4cc(N)cc5ncoc45)cc3)O[C@]12C(=O)COP(=O)(O)O. The van der Waals surface area contributed by atoms with Gasteiger partial charge >= 0.3 is 7.82 Å². The van der Waals surface area contributed by atoms with E-state index in [-0.39, 0.29) is 30.0 Å². The number of ketones is 2. The van der Waals surface area contributed by atoms with Crippen molar-refractivity contribution in [2.75, 3.05) is 12.3 Å². The van der Waals surface area contributed by atoms with Crippen LogP contribution in [0.5, 0.6) is 0 Å². The minimum atomic E-state index is -4.97. The van der Waals surface area contributed by atoms with Crippen molar-refractivity contribution < 1.29 is 47.5 Å². The number of aliphatic hydroxyl groups excluding tert-OH is 1. The molecule has 2 heterocycles. The topological polar surface area (TPSA) is 192 Å². The summed E-state index contributed by atoms with van der Waals surface area (Å²) in [5, 5.41) is 11.9. The Balaban J connectivity index is 1.10.